The number of fused-ring (bicyclic) bond motifs is 1. The molecule has 2 heterocycles. The molecule has 174 valence electrons. The maximum absolute atomic E-state index is 12.8. The highest BCUT2D eigenvalue weighted by Gasteiger charge is 2.29. The van der Waals surface area contributed by atoms with E-state index in [1.807, 2.05) is 48.5 Å². The van der Waals surface area contributed by atoms with Crippen LogP contribution < -0.4 is 0 Å². The van der Waals surface area contributed by atoms with E-state index in [9.17, 15) is 9.90 Å². The number of carboxylic acid groups (broad SMARTS) is 1. The molecule has 0 unspecified atom stereocenters. The number of aryl methyl sites for hydroxylation is 1. The van der Waals surface area contributed by atoms with Crippen LogP contribution in [-0.4, -0.2) is 40.2 Å². The molecule has 1 saturated heterocycles. The Morgan fingerprint density at radius 1 is 0.765 bits per heavy atom. The molecule has 1 fully saturated rings. The number of aromatic carboxylic acids is 1. The Kier molecular flexibility index (Phi) is 6.77. The van der Waals surface area contributed by atoms with Crippen molar-refractivity contribution >= 4 is 16.9 Å². The third kappa shape index (κ3) is 4.51. The molecular weight excluding hydrogens is 420 g/mol. The molecule has 4 heteroatoms. The van der Waals surface area contributed by atoms with E-state index in [1.165, 1.54) is 25.9 Å². The van der Waals surface area contributed by atoms with E-state index in [0.717, 1.165) is 47.0 Å². The molecule has 0 amide bonds. The molecule has 0 aliphatic carbocycles. The Bertz CT molecular complexity index is 1200. The molecule has 1 aromatic heterocycles. The number of nitrogens with zero attached hydrogens (tertiary/aromatic N) is 2. The fourth-order valence-electron chi connectivity index (χ4n) is 5.51. The predicted molar refractivity (Wildman–Crippen MR) is 138 cm³/mol. The summed E-state index contributed by atoms with van der Waals surface area (Å²) in [6, 6.07) is 28.7. The number of carbonyl (C=O) groups is 1. The van der Waals surface area contributed by atoms with Gasteiger partial charge in [-0.15, -0.1) is 0 Å². The van der Waals surface area contributed by atoms with Crippen molar-refractivity contribution in [2.45, 2.75) is 38.1 Å². The van der Waals surface area contributed by atoms with Crippen LogP contribution in [0.15, 0.2) is 84.9 Å². The molecule has 4 nitrogen and oxygen atoms in total. The van der Waals surface area contributed by atoms with Crippen LogP contribution >= 0.6 is 0 Å². The van der Waals surface area contributed by atoms with Crippen molar-refractivity contribution in [1.29, 1.82) is 0 Å². The first-order valence-electron chi connectivity index (χ1n) is 12.4. The van der Waals surface area contributed by atoms with E-state index in [4.69, 9.17) is 0 Å². The molecule has 1 N–H and O–H groups in total. The number of hydrogen-bond donors (Lipinski definition) is 1. The molecule has 1 aliphatic heterocycles. The second kappa shape index (κ2) is 10.3. The molecule has 0 saturated carbocycles. The number of carboxylic acids is 1. The molecule has 34 heavy (non-hydrogen) atoms. The fourth-order valence-corrected chi connectivity index (χ4v) is 5.51. The summed E-state index contributed by atoms with van der Waals surface area (Å²) in [4.78, 5) is 15.3. The van der Waals surface area contributed by atoms with Gasteiger partial charge in [0, 0.05) is 28.9 Å². The van der Waals surface area contributed by atoms with Crippen molar-refractivity contribution in [2.75, 3.05) is 19.6 Å². The average molecular weight is 453 g/mol. The molecule has 0 atom stereocenters. The van der Waals surface area contributed by atoms with Crippen LogP contribution in [0.3, 0.4) is 0 Å². The topological polar surface area (TPSA) is 45.5 Å². The lowest BCUT2D eigenvalue weighted by molar-refractivity contribution is 0.0684. The van der Waals surface area contributed by atoms with E-state index in [-0.39, 0.29) is 5.92 Å². The monoisotopic (exact) mass is 452 g/mol. The number of aromatic nitrogens is 1. The maximum Gasteiger partial charge on any atom is 0.352 e. The third-order valence-corrected chi connectivity index (χ3v) is 7.07. The Morgan fingerprint density at radius 2 is 1.32 bits per heavy atom. The molecule has 4 aromatic rings. The van der Waals surface area contributed by atoms with E-state index in [1.54, 1.807) is 0 Å². The zero-order chi connectivity index (χ0) is 23.3. The van der Waals surface area contributed by atoms with Gasteiger partial charge >= 0.3 is 5.97 Å². The zero-order valence-electron chi connectivity index (χ0n) is 19.6. The largest absolute Gasteiger partial charge is 0.477 e. The van der Waals surface area contributed by atoms with Crippen molar-refractivity contribution in [3.8, 4) is 0 Å². The van der Waals surface area contributed by atoms with Gasteiger partial charge in [0.15, 0.2) is 0 Å². The van der Waals surface area contributed by atoms with Crippen LogP contribution in [0.25, 0.3) is 10.9 Å². The number of para-hydroxylation sites is 1. The SMILES string of the molecule is O=C(O)c1c(C(c2ccccc2)c2ccccc2)c2ccccc2n1CCCCN1CCCC1. The first-order valence-corrected chi connectivity index (χ1v) is 12.4. The molecule has 0 radical (unpaired) electrons. The molecule has 3 aromatic carbocycles. The summed E-state index contributed by atoms with van der Waals surface area (Å²) in [6.07, 6.45) is 4.65. The van der Waals surface area contributed by atoms with Gasteiger partial charge in [0.2, 0.25) is 0 Å². The summed E-state index contributed by atoms with van der Waals surface area (Å²) >= 11 is 0. The van der Waals surface area contributed by atoms with Gasteiger partial charge in [-0.25, -0.2) is 4.79 Å². The van der Waals surface area contributed by atoms with Crippen LogP contribution in [0.4, 0.5) is 0 Å². The van der Waals surface area contributed by atoms with E-state index >= 15 is 0 Å². The van der Waals surface area contributed by atoms with Gasteiger partial charge in [0.1, 0.15) is 5.69 Å². The maximum atomic E-state index is 12.8. The summed E-state index contributed by atoms with van der Waals surface area (Å²) in [7, 11) is 0. The smallest absolute Gasteiger partial charge is 0.352 e. The highest BCUT2D eigenvalue weighted by Crippen LogP contribution is 2.40. The van der Waals surface area contributed by atoms with E-state index < -0.39 is 5.97 Å². The summed E-state index contributed by atoms with van der Waals surface area (Å²) in [6.45, 7) is 4.22. The van der Waals surface area contributed by atoms with Gasteiger partial charge in [0.25, 0.3) is 0 Å². The predicted octanol–water partition coefficient (Wildman–Crippen LogP) is 6.40. The average Bonchev–Trinajstić information content (AvgIpc) is 3.50. The molecule has 1 aliphatic rings. The highest BCUT2D eigenvalue weighted by atomic mass is 16.4. The quantitative estimate of drug-likeness (QED) is 0.299. The number of hydrogen-bond acceptors (Lipinski definition) is 2. The lowest BCUT2D eigenvalue weighted by Crippen LogP contribution is -2.21. The summed E-state index contributed by atoms with van der Waals surface area (Å²) in [5.41, 5.74) is 4.52. The van der Waals surface area contributed by atoms with Gasteiger partial charge in [-0.2, -0.15) is 0 Å². The van der Waals surface area contributed by atoms with E-state index in [2.05, 4.69) is 45.9 Å². The minimum absolute atomic E-state index is 0.149. The van der Waals surface area contributed by atoms with Gasteiger partial charge in [-0.3, -0.25) is 0 Å². The first kappa shape index (κ1) is 22.4. The van der Waals surface area contributed by atoms with Crippen LogP contribution in [0, 0.1) is 0 Å². The normalized spacial score (nSPS) is 14.3. The Balaban J connectivity index is 1.59. The Labute approximate surface area is 201 Å². The lowest BCUT2D eigenvalue weighted by Gasteiger charge is -2.20. The second-order valence-electron chi connectivity index (χ2n) is 9.25. The number of likely N-dealkylation sites (tertiary alicyclic amines) is 1. The van der Waals surface area contributed by atoms with Crippen molar-refractivity contribution in [1.82, 2.24) is 9.47 Å². The van der Waals surface area contributed by atoms with Gasteiger partial charge in [-0.05, 0) is 62.5 Å². The zero-order valence-corrected chi connectivity index (χ0v) is 19.6. The van der Waals surface area contributed by atoms with Gasteiger partial charge < -0.3 is 14.6 Å². The second-order valence-corrected chi connectivity index (χ2v) is 9.25. The minimum Gasteiger partial charge on any atom is -0.477 e. The number of benzene rings is 3. The van der Waals surface area contributed by atoms with Crippen molar-refractivity contribution in [2.24, 2.45) is 0 Å². The van der Waals surface area contributed by atoms with Crippen molar-refractivity contribution in [3.63, 3.8) is 0 Å². The van der Waals surface area contributed by atoms with Crippen LogP contribution in [0.2, 0.25) is 0 Å². The molecular formula is C30H32N2O2. The minimum atomic E-state index is -0.859. The van der Waals surface area contributed by atoms with Gasteiger partial charge in [0.05, 0.1) is 0 Å². The molecule has 0 bridgehead atoms. The van der Waals surface area contributed by atoms with E-state index in [0.29, 0.717) is 12.2 Å². The van der Waals surface area contributed by atoms with Gasteiger partial charge in [-0.1, -0.05) is 78.9 Å². The lowest BCUT2D eigenvalue weighted by atomic mass is 9.83. The molecule has 0 spiro atoms. The molecule has 5 rings (SSSR count). The third-order valence-electron chi connectivity index (χ3n) is 7.07. The van der Waals surface area contributed by atoms with Crippen LogP contribution in [0.1, 0.15) is 58.8 Å². The number of unbranched alkanes of at least 4 members (excludes halogenated alkanes) is 1. The van der Waals surface area contributed by atoms with Crippen molar-refractivity contribution < 1.29 is 9.90 Å². The number of rotatable bonds is 9. The van der Waals surface area contributed by atoms with Crippen molar-refractivity contribution in [3.05, 3.63) is 107 Å². The Morgan fingerprint density at radius 3 is 1.94 bits per heavy atom. The van der Waals surface area contributed by atoms with Crippen LogP contribution in [-0.2, 0) is 6.54 Å². The first-order chi connectivity index (χ1) is 16.7. The van der Waals surface area contributed by atoms with Crippen LogP contribution in [0.5, 0.6) is 0 Å². The Hall–Kier alpha value is -3.37. The highest BCUT2D eigenvalue weighted by molar-refractivity contribution is 5.99. The summed E-state index contributed by atoms with van der Waals surface area (Å²) in [5.74, 6) is -1.01. The fraction of sp³-hybridized carbons (Fsp3) is 0.300. The summed E-state index contributed by atoms with van der Waals surface area (Å²) < 4.78 is 2.05. The standard InChI is InChI=1S/C30H32N2O2/c33-30(34)29-28(27(23-13-3-1-4-14-23)24-15-5-2-6-16-24)25-17-7-8-18-26(25)32(29)22-12-11-21-31-19-9-10-20-31/h1-8,13-18,27H,9-12,19-22H2,(H,33,34). The summed E-state index contributed by atoms with van der Waals surface area (Å²) in [5, 5.41) is 11.5.